The van der Waals surface area contributed by atoms with Gasteiger partial charge in [0, 0.05) is 16.5 Å². The summed E-state index contributed by atoms with van der Waals surface area (Å²) in [4.78, 5) is 5.13. The van der Waals surface area contributed by atoms with Gasteiger partial charge in [0.15, 0.2) is 4.47 Å². The van der Waals surface area contributed by atoms with Gasteiger partial charge in [-0.3, -0.25) is 4.68 Å². The Bertz CT molecular complexity index is 629. The van der Waals surface area contributed by atoms with E-state index in [2.05, 4.69) is 22.2 Å². The van der Waals surface area contributed by atoms with Crippen LogP contribution >= 0.6 is 22.9 Å². The lowest BCUT2D eigenvalue weighted by Crippen LogP contribution is -1.99. The van der Waals surface area contributed by atoms with Crippen molar-refractivity contribution in [3.8, 4) is 0 Å². The average molecular weight is 250 g/mol. The Labute approximate surface area is 101 Å². The standard InChI is InChI=1S/C11H8ClN3S/c12-11-13-6-9(16-11)7-15-10-4-2-1-3-8(10)5-14-15/h1-6H,7H2. The van der Waals surface area contributed by atoms with Gasteiger partial charge in [0.25, 0.3) is 0 Å². The van der Waals surface area contributed by atoms with Crippen LogP contribution in [0.5, 0.6) is 0 Å². The van der Waals surface area contributed by atoms with E-state index in [0.717, 1.165) is 22.3 Å². The minimum absolute atomic E-state index is 0.575. The van der Waals surface area contributed by atoms with E-state index in [1.807, 2.05) is 23.0 Å². The summed E-state index contributed by atoms with van der Waals surface area (Å²) in [5.74, 6) is 0. The van der Waals surface area contributed by atoms with Gasteiger partial charge in [0.2, 0.25) is 0 Å². The van der Waals surface area contributed by atoms with E-state index in [-0.39, 0.29) is 0 Å². The number of hydrogen-bond acceptors (Lipinski definition) is 3. The molecule has 0 spiro atoms. The van der Waals surface area contributed by atoms with E-state index in [1.54, 1.807) is 6.20 Å². The molecule has 3 nitrogen and oxygen atoms in total. The van der Waals surface area contributed by atoms with E-state index < -0.39 is 0 Å². The molecule has 0 N–H and O–H groups in total. The number of benzene rings is 1. The maximum atomic E-state index is 5.80. The normalized spacial score (nSPS) is 11.1. The minimum atomic E-state index is 0.575. The molecule has 0 aliphatic heterocycles. The first kappa shape index (κ1) is 9.81. The van der Waals surface area contributed by atoms with Gasteiger partial charge in [0.05, 0.1) is 18.3 Å². The van der Waals surface area contributed by atoms with Crippen molar-refractivity contribution in [2.75, 3.05) is 0 Å². The Morgan fingerprint density at radius 3 is 2.94 bits per heavy atom. The molecule has 0 atom stereocenters. The van der Waals surface area contributed by atoms with Crippen LogP contribution in [0.3, 0.4) is 0 Å². The first-order chi connectivity index (χ1) is 7.83. The third kappa shape index (κ3) is 1.70. The number of halogens is 1. The number of rotatable bonds is 2. The Morgan fingerprint density at radius 1 is 1.25 bits per heavy atom. The van der Waals surface area contributed by atoms with E-state index in [0.29, 0.717) is 4.47 Å². The topological polar surface area (TPSA) is 30.7 Å². The summed E-state index contributed by atoms with van der Waals surface area (Å²) in [6, 6.07) is 8.14. The van der Waals surface area contributed by atoms with Crippen LogP contribution in [-0.2, 0) is 6.54 Å². The van der Waals surface area contributed by atoms with Gasteiger partial charge in [0.1, 0.15) is 0 Å². The lowest BCUT2D eigenvalue weighted by atomic mass is 10.2. The molecule has 16 heavy (non-hydrogen) atoms. The highest BCUT2D eigenvalue weighted by molar-refractivity contribution is 7.15. The summed E-state index contributed by atoms with van der Waals surface area (Å²) in [6.07, 6.45) is 3.67. The summed E-state index contributed by atoms with van der Waals surface area (Å²) >= 11 is 7.28. The van der Waals surface area contributed by atoms with E-state index >= 15 is 0 Å². The van der Waals surface area contributed by atoms with Crippen molar-refractivity contribution in [3.05, 3.63) is 46.0 Å². The third-order valence-corrected chi connectivity index (χ3v) is 3.48. The molecular weight excluding hydrogens is 242 g/mol. The fourth-order valence-electron chi connectivity index (χ4n) is 1.66. The molecule has 0 unspecified atom stereocenters. The van der Waals surface area contributed by atoms with Crippen LogP contribution < -0.4 is 0 Å². The number of nitrogens with zero attached hydrogens (tertiary/aromatic N) is 3. The number of aromatic nitrogens is 3. The first-order valence-electron chi connectivity index (χ1n) is 4.84. The fraction of sp³-hybridized carbons (Fsp3) is 0.0909. The summed E-state index contributed by atoms with van der Waals surface area (Å²) in [6.45, 7) is 0.720. The molecule has 3 rings (SSSR count). The molecule has 0 fully saturated rings. The zero-order chi connectivity index (χ0) is 11.0. The molecule has 80 valence electrons. The van der Waals surface area contributed by atoms with E-state index in [1.165, 1.54) is 11.3 Å². The minimum Gasteiger partial charge on any atom is -0.260 e. The molecule has 0 aliphatic rings. The summed E-state index contributed by atoms with van der Waals surface area (Å²) in [7, 11) is 0. The van der Waals surface area contributed by atoms with Crippen molar-refractivity contribution >= 4 is 33.8 Å². The Kier molecular flexibility index (Phi) is 2.38. The highest BCUT2D eigenvalue weighted by Crippen LogP contribution is 2.20. The Balaban J connectivity index is 2.00. The van der Waals surface area contributed by atoms with Gasteiger partial charge in [-0.1, -0.05) is 29.8 Å². The molecule has 2 heterocycles. The largest absolute Gasteiger partial charge is 0.260 e. The fourth-order valence-corrected chi connectivity index (χ4v) is 2.62. The number of hydrogen-bond donors (Lipinski definition) is 0. The second kappa shape index (κ2) is 3.88. The summed E-state index contributed by atoms with van der Waals surface area (Å²) in [5.41, 5.74) is 1.13. The predicted molar refractivity (Wildman–Crippen MR) is 66.0 cm³/mol. The van der Waals surface area contributed by atoms with E-state index in [4.69, 9.17) is 11.6 Å². The van der Waals surface area contributed by atoms with Crippen LogP contribution in [0.25, 0.3) is 10.9 Å². The van der Waals surface area contributed by atoms with Crippen LogP contribution in [0, 0.1) is 0 Å². The molecule has 0 amide bonds. The molecule has 0 aliphatic carbocycles. The van der Waals surface area contributed by atoms with Gasteiger partial charge < -0.3 is 0 Å². The number of para-hydroxylation sites is 1. The van der Waals surface area contributed by atoms with Crippen molar-refractivity contribution in [1.29, 1.82) is 0 Å². The molecule has 0 saturated carbocycles. The average Bonchev–Trinajstić information content (AvgIpc) is 2.87. The summed E-state index contributed by atoms with van der Waals surface area (Å²) in [5, 5.41) is 5.50. The van der Waals surface area contributed by atoms with E-state index in [9.17, 15) is 0 Å². The summed E-state index contributed by atoms with van der Waals surface area (Å²) < 4.78 is 2.53. The van der Waals surface area contributed by atoms with Crippen molar-refractivity contribution in [1.82, 2.24) is 14.8 Å². The lowest BCUT2D eigenvalue weighted by Gasteiger charge is -1.99. The number of fused-ring (bicyclic) bond motifs is 1. The van der Waals surface area contributed by atoms with Crippen LogP contribution in [0.4, 0.5) is 0 Å². The monoisotopic (exact) mass is 249 g/mol. The van der Waals surface area contributed by atoms with Gasteiger partial charge in [-0.15, -0.1) is 11.3 Å². The van der Waals surface area contributed by atoms with Crippen LogP contribution in [0.1, 0.15) is 4.88 Å². The molecule has 2 aromatic heterocycles. The Hall–Kier alpha value is -1.39. The van der Waals surface area contributed by atoms with Gasteiger partial charge >= 0.3 is 0 Å². The van der Waals surface area contributed by atoms with Crippen molar-refractivity contribution in [2.24, 2.45) is 0 Å². The smallest absolute Gasteiger partial charge is 0.183 e. The van der Waals surface area contributed by atoms with Crippen LogP contribution in [0.2, 0.25) is 4.47 Å². The maximum absolute atomic E-state index is 5.80. The quantitative estimate of drug-likeness (QED) is 0.698. The molecule has 1 aromatic carbocycles. The SMILES string of the molecule is Clc1ncc(Cn2ncc3ccccc32)s1. The zero-order valence-corrected chi connectivity index (χ0v) is 9.87. The van der Waals surface area contributed by atoms with Crippen LogP contribution in [0.15, 0.2) is 36.7 Å². The van der Waals surface area contributed by atoms with Gasteiger partial charge in [-0.2, -0.15) is 5.10 Å². The molecule has 0 radical (unpaired) electrons. The molecule has 0 saturated heterocycles. The number of thiazole rings is 1. The van der Waals surface area contributed by atoms with Crippen LogP contribution in [-0.4, -0.2) is 14.8 Å². The van der Waals surface area contributed by atoms with Crippen molar-refractivity contribution < 1.29 is 0 Å². The van der Waals surface area contributed by atoms with Gasteiger partial charge in [-0.25, -0.2) is 4.98 Å². The Morgan fingerprint density at radius 2 is 2.12 bits per heavy atom. The maximum Gasteiger partial charge on any atom is 0.183 e. The molecular formula is C11H8ClN3S. The highest BCUT2D eigenvalue weighted by atomic mass is 35.5. The second-order valence-electron chi connectivity index (χ2n) is 3.44. The lowest BCUT2D eigenvalue weighted by molar-refractivity contribution is 0.719. The molecule has 0 bridgehead atoms. The van der Waals surface area contributed by atoms with Crippen molar-refractivity contribution in [2.45, 2.75) is 6.54 Å². The molecule has 3 aromatic rings. The third-order valence-electron chi connectivity index (χ3n) is 2.38. The predicted octanol–water partition coefficient (Wildman–Crippen LogP) is 3.19. The molecule has 5 heteroatoms. The first-order valence-corrected chi connectivity index (χ1v) is 6.03. The van der Waals surface area contributed by atoms with Gasteiger partial charge in [-0.05, 0) is 6.07 Å². The van der Waals surface area contributed by atoms with Crippen molar-refractivity contribution in [3.63, 3.8) is 0 Å². The second-order valence-corrected chi connectivity index (χ2v) is 5.14. The highest BCUT2D eigenvalue weighted by Gasteiger charge is 2.04. The zero-order valence-electron chi connectivity index (χ0n) is 8.30.